The Balaban J connectivity index is 2.57. The first-order valence-electron chi connectivity index (χ1n) is 5.20. The minimum absolute atomic E-state index is 0.0198. The zero-order valence-electron chi connectivity index (χ0n) is 9.76. The second-order valence-electron chi connectivity index (χ2n) is 3.67. The van der Waals surface area contributed by atoms with Crippen LogP contribution in [0, 0.1) is 18.6 Å². The molecule has 3 nitrogen and oxygen atoms in total. The molecule has 2 rings (SSSR count). The van der Waals surface area contributed by atoms with E-state index >= 15 is 0 Å². The lowest BCUT2D eigenvalue weighted by atomic mass is 10.2. The highest BCUT2D eigenvalue weighted by molar-refractivity contribution is 6.30. The largest absolute Gasteiger partial charge is 0.371 e. The Labute approximate surface area is 108 Å². The predicted molar refractivity (Wildman–Crippen MR) is 66.7 cm³/mol. The van der Waals surface area contributed by atoms with Crippen molar-refractivity contribution in [2.75, 3.05) is 12.4 Å². The molecule has 0 saturated heterocycles. The van der Waals surface area contributed by atoms with E-state index in [0.29, 0.717) is 5.56 Å². The number of hydrogen-bond acceptors (Lipinski definition) is 3. The Bertz CT molecular complexity index is 602. The minimum Gasteiger partial charge on any atom is -0.371 e. The van der Waals surface area contributed by atoms with Crippen LogP contribution in [0.3, 0.4) is 0 Å². The SMILES string of the molecule is CNc1nc(-c2ccc(Cl)c(F)c2)nc(C)c1F. The number of aryl methyl sites for hydroxylation is 1. The lowest BCUT2D eigenvalue weighted by Crippen LogP contribution is -2.03. The van der Waals surface area contributed by atoms with E-state index in [2.05, 4.69) is 15.3 Å². The van der Waals surface area contributed by atoms with Crippen LogP contribution in [0.25, 0.3) is 11.4 Å². The maximum absolute atomic E-state index is 13.6. The summed E-state index contributed by atoms with van der Waals surface area (Å²) in [6.07, 6.45) is 0. The van der Waals surface area contributed by atoms with Crippen LogP contribution in [0.5, 0.6) is 0 Å². The molecule has 0 atom stereocenters. The maximum atomic E-state index is 13.6. The molecule has 0 aliphatic heterocycles. The lowest BCUT2D eigenvalue weighted by Gasteiger charge is -2.07. The summed E-state index contributed by atoms with van der Waals surface area (Å²) in [5, 5.41) is 2.65. The van der Waals surface area contributed by atoms with Gasteiger partial charge in [0.15, 0.2) is 17.5 Å². The predicted octanol–water partition coefficient (Wildman–Crippen LogP) is 3.43. The van der Waals surface area contributed by atoms with Crippen molar-refractivity contribution in [2.24, 2.45) is 0 Å². The number of nitrogens with one attached hydrogen (secondary N) is 1. The lowest BCUT2D eigenvalue weighted by molar-refractivity contribution is 0.607. The topological polar surface area (TPSA) is 37.8 Å². The van der Waals surface area contributed by atoms with Crippen LogP contribution in [-0.2, 0) is 0 Å². The van der Waals surface area contributed by atoms with Gasteiger partial charge in [0.2, 0.25) is 0 Å². The van der Waals surface area contributed by atoms with Gasteiger partial charge in [-0.05, 0) is 25.1 Å². The molecular formula is C12H10ClF2N3. The van der Waals surface area contributed by atoms with E-state index in [-0.39, 0.29) is 22.4 Å². The monoisotopic (exact) mass is 269 g/mol. The van der Waals surface area contributed by atoms with Crippen molar-refractivity contribution in [3.8, 4) is 11.4 Å². The molecule has 1 heterocycles. The second kappa shape index (κ2) is 4.86. The Morgan fingerprint density at radius 2 is 1.94 bits per heavy atom. The first-order valence-corrected chi connectivity index (χ1v) is 5.58. The van der Waals surface area contributed by atoms with Crippen molar-refractivity contribution in [3.05, 3.63) is 40.6 Å². The van der Waals surface area contributed by atoms with Gasteiger partial charge < -0.3 is 5.32 Å². The van der Waals surface area contributed by atoms with Crippen molar-refractivity contribution in [1.82, 2.24) is 9.97 Å². The molecular weight excluding hydrogens is 260 g/mol. The highest BCUT2D eigenvalue weighted by Crippen LogP contribution is 2.24. The van der Waals surface area contributed by atoms with Crippen LogP contribution >= 0.6 is 11.6 Å². The van der Waals surface area contributed by atoms with E-state index in [1.807, 2.05) is 0 Å². The normalized spacial score (nSPS) is 10.5. The molecule has 0 fully saturated rings. The maximum Gasteiger partial charge on any atom is 0.186 e. The van der Waals surface area contributed by atoms with E-state index in [1.54, 1.807) is 13.1 Å². The zero-order chi connectivity index (χ0) is 13.3. The Kier molecular flexibility index (Phi) is 3.43. The summed E-state index contributed by atoms with van der Waals surface area (Å²) >= 11 is 5.60. The third kappa shape index (κ3) is 2.26. The summed E-state index contributed by atoms with van der Waals surface area (Å²) < 4.78 is 26.9. The smallest absolute Gasteiger partial charge is 0.186 e. The molecule has 0 saturated carbocycles. The quantitative estimate of drug-likeness (QED) is 0.908. The van der Waals surface area contributed by atoms with Crippen molar-refractivity contribution in [3.63, 3.8) is 0 Å². The van der Waals surface area contributed by atoms with Crippen LogP contribution in [0.2, 0.25) is 5.02 Å². The molecule has 0 radical (unpaired) electrons. The molecule has 0 aliphatic rings. The van der Waals surface area contributed by atoms with Gasteiger partial charge in [0, 0.05) is 12.6 Å². The molecule has 0 unspecified atom stereocenters. The highest BCUT2D eigenvalue weighted by Gasteiger charge is 2.12. The van der Waals surface area contributed by atoms with E-state index in [1.165, 1.54) is 19.1 Å². The average Bonchev–Trinajstić information content (AvgIpc) is 2.36. The molecule has 2 aromatic rings. The van der Waals surface area contributed by atoms with Gasteiger partial charge in [0.1, 0.15) is 5.82 Å². The van der Waals surface area contributed by atoms with Crippen LogP contribution in [0.1, 0.15) is 5.69 Å². The van der Waals surface area contributed by atoms with Gasteiger partial charge in [-0.15, -0.1) is 0 Å². The highest BCUT2D eigenvalue weighted by atomic mass is 35.5. The fraction of sp³-hybridized carbons (Fsp3) is 0.167. The number of anilines is 1. The molecule has 1 aromatic carbocycles. The van der Waals surface area contributed by atoms with Crippen LogP contribution < -0.4 is 5.32 Å². The molecule has 94 valence electrons. The molecule has 0 aliphatic carbocycles. The van der Waals surface area contributed by atoms with Crippen molar-refractivity contribution < 1.29 is 8.78 Å². The van der Waals surface area contributed by atoms with Crippen molar-refractivity contribution >= 4 is 17.4 Å². The fourth-order valence-corrected chi connectivity index (χ4v) is 1.61. The summed E-state index contributed by atoms with van der Waals surface area (Å²) in [7, 11) is 1.55. The molecule has 1 aromatic heterocycles. The average molecular weight is 270 g/mol. The molecule has 6 heteroatoms. The van der Waals surface area contributed by atoms with Gasteiger partial charge in [0.05, 0.1) is 10.7 Å². The van der Waals surface area contributed by atoms with Gasteiger partial charge in [-0.25, -0.2) is 18.7 Å². The summed E-state index contributed by atoms with van der Waals surface area (Å²) in [6.45, 7) is 1.52. The van der Waals surface area contributed by atoms with Gasteiger partial charge >= 0.3 is 0 Å². The van der Waals surface area contributed by atoms with Gasteiger partial charge in [-0.2, -0.15) is 0 Å². The van der Waals surface area contributed by atoms with Crippen molar-refractivity contribution in [1.29, 1.82) is 0 Å². The van der Waals surface area contributed by atoms with Crippen LogP contribution in [-0.4, -0.2) is 17.0 Å². The second-order valence-corrected chi connectivity index (χ2v) is 4.08. The summed E-state index contributed by atoms with van der Waals surface area (Å²) in [4.78, 5) is 7.97. The minimum atomic E-state index is -0.564. The fourth-order valence-electron chi connectivity index (χ4n) is 1.49. The Hall–Kier alpha value is -1.75. The summed E-state index contributed by atoms with van der Waals surface area (Å²) in [5.74, 6) is -0.761. The van der Waals surface area contributed by atoms with E-state index < -0.39 is 11.6 Å². The standard InChI is InChI=1S/C12H10ClF2N3/c1-6-10(15)12(16-2)18-11(17-6)7-3-4-8(13)9(14)5-7/h3-5H,1-2H3,(H,16,17,18). The van der Waals surface area contributed by atoms with E-state index in [4.69, 9.17) is 11.6 Å². The molecule has 0 spiro atoms. The van der Waals surface area contributed by atoms with Gasteiger partial charge in [-0.1, -0.05) is 11.6 Å². The van der Waals surface area contributed by atoms with E-state index in [0.717, 1.165) is 0 Å². The number of benzene rings is 1. The van der Waals surface area contributed by atoms with Crippen molar-refractivity contribution in [2.45, 2.75) is 6.92 Å². The summed E-state index contributed by atoms with van der Waals surface area (Å²) in [6, 6.07) is 4.21. The van der Waals surface area contributed by atoms with Gasteiger partial charge in [0.25, 0.3) is 0 Å². The molecule has 0 amide bonds. The van der Waals surface area contributed by atoms with Crippen LogP contribution in [0.4, 0.5) is 14.6 Å². The molecule has 18 heavy (non-hydrogen) atoms. The number of aromatic nitrogens is 2. The van der Waals surface area contributed by atoms with E-state index in [9.17, 15) is 8.78 Å². The first-order chi connectivity index (χ1) is 8.52. The zero-order valence-corrected chi connectivity index (χ0v) is 10.5. The number of hydrogen-bond donors (Lipinski definition) is 1. The molecule has 1 N–H and O–H groups in total. The molecule has 0 bridgehead atoms. The number of nitrogens with zero attached hydrogens (tertiary/aromatic N) is 2. The third-order valence-electron chi connectivity index (χ3n) is 2.43. The Morgan fingerprint density at radius 3 is 2.56 bits per heavy atom. The number of rotatable bonds is 2. The summed E-state index contributed by atoms with van der Waals surface area (Å²) in [5.41, 5.74) is 0.635. The first kappa shape index (κ1) is 12.7. The number of halogens is 3. The van der Waals surface area contributed by atoms with Crippen LogP contribution in [0.15, 0.2) is 18.2 Å². The third-order valence-corrected chi connectivity index (χ3v) is 2.74. The van der Waals surface area contributed by atoms with Gasteiger partial charge in [-0.3, -0.25) is 0 Å². The Morgan fingerprint density at radius 1 is 1.22 bits per heavy atom.